The molecular formula is C18H22N4O2. The molecule has 126 valence electrons. The molecule has 1 aromatic carbocycles. The van der Waals surface area contributed by atoms with Crippen LogP contribution in [0.25, 0.3) is 11.0 Å². The number of amides is 1. The van der Waals surface area contributed by atoms with E-state index in [4.69, 9.17) is 4.42 Å². The molecule has 3 rings (SSSR count). The topological polar surface area (TPSA) is 73.0 Å². The number of nitrogens with zero attached hydrogens (tertiary/aromatic N) is 3. The second kappa shape index (κ2) is 5.78. The lowest BCUT2D eigenvalue weighted by Gasteiger charge is -2.02. The first-order chi connectivity index (χ1) is 11.3. The van der Waals surface area contributed by atoms with Crippen molar-refractivity contribution in [2.24, 2.45) is 7.05 Å². The molecule has 2 aromatic heterocycles. The highest BCUT2D eigenvalue weighted by molar-refractivity contribution is 6.06. The predicted molar refractivity (Wildman–Crippen MR) is 93.5 cm³/mol. The Bertz CT molecular complexity index is 934. The molecule has 0 spiro atoms. The lowest BCUT2D eigenvalue weighted by molar-refractivity contribution is 0.0996. The maximum absolute atomic E-state index is 12.7. The van der Waals surface area contributed by atoms with Gasteiger partial charge in [-0.3, -0.25) is 10.1 Å². The van der Waals surface area contributed by atoms with E-state index in [2.05, 4.69) is 15.4 Å². The summed E-state index contributed by atoms with van der Waals surface area (Å²) < 4.78 is 7.44. The van der Waals surface area contributed by atoms with Crippen LogP contribution in [0.5, 0.6) is 0 Å². The fourth-order valence-corrected chi connectivity index (χ4v) is 2.81. The van der Waals surface area contributed by atoms with Crippen LogP contribution < -0.4 is 5.32 Å². The summed E-state index contributed by atoms with van der Waals surface area (Å²) in [7, 11) is 1.76. The van der Waals surface area contributed by atoms with Crippen LogP contribution in [-0.2, 0) is 7.05 Å². The number of hydrogen-bond donors (Lipinski definition) is 1. The van der Waals surface area contributed by atoms with E-state index < -0.39 is 0 Å². The molecule has 24 heavy (non-hydrogen) atoms. The average molecular weight is 326 g/mol. The fourth-order valence-electron chi connectivity index (χ4n) is 2.81. The largest absolute Gasteiger partial charge is 0.450 e. The van der Waals surface area contributed by atoms with Crippen LogP contribution in [0, 0.1) is 20.8 Å². The molecule has 0 aliphatic rings. The minimum Gasteiger partial charge on any atom is -0.450 e. The van der Waals surface area contributed by atoms with Crippen LogP contribution in [0.3, 0.4) is 0 Å². The minimum atomic E-state index is -0.312. The van der Waals surface area contributed by atoms with Crippen LogP contribution in [0.15, 0.2) is 16.5 Å². The Morgan fingerprint density at radius 2 is 1.88 bits per heavy atom. The highest BCUT2D eigenvalue weighted by Gasteiger charge is 2.22. The Kier molecular flexibility index (Phi) is 3.91. The van der Waals surface area contributed by atoms with Crippen LogP contribution in [0.2, 0.25) is 0 Å². The average Bonchev–Trinajstić information content (AvgIpc) is 3.05. The zero-order valence-corrected chi connectivity index (χ0v) is 14.9. The van der Waals surface area contributed by atoms with Crippen molar-refractivity contribution in [1.82, 2.24) is 14.8 Å². The molecule has 1 amide bonds. The third kappa shape index (κ3) is 2.58. The number of carbonyl (C=O) groups is 1. The summed E-state index contributed by atoms with van der Waals surface area (Å²) in [6, 6.07) is 4.04. The summed E-state index contributed by atoms with van der Waals surface area (Å²) in [5.74, 6) is 1.31. The van der Waals surface area contributed by atoms with Crippen LogP contribution in [0.1, 0.15) is 52.8 Å². The number of anilines is 1. The third-order valence-corrected chi connectivity index (χ3v) is 4.21. The second-order valence-corrected chi connectivity index (χ2v) is 6.49. The van der Waals surface area contributed by atoms with Gasteiger partial charge in [-0.1, -0.05) is 26.0 Å². The minimum absolute atomic E-state index is 0.195. The van der Waals surface area contributed by atoms with E-state index in [-0.39, 0.29) is 11.8 Å². The number of carbonyl (C=O) groups excluding carboxylic acids is 1. The van der Waals surface area contributed by atoms with Crippen molar-refractivity contribution in [1.29, 1.82) is 0 Å². The van der Waals surface area contributed by atoms with E-state index in [9.17, 15) is 4.79 Å². The van der Waals surface area contributed by atoms with E-state index in [1.165, 1.54) is 0 Å². The normalized spacial score (nSPS) is 11.5. The van der Waals surface area contributed by atoms with Crippen molar-refractivity contribution < 1.29 is 9.21 Å². The Hall–Kier alpha value is -2.63. The molecule has 0 aliphatic heterocycles. The molecule has 2 heterocycles. The zero-order chi connectivity index (χ0) is 17.6. The first-order valence-electron chi connectivity index (χ1n) is 8.01. The molecule has 0 radical (unpaired) electrons. The van der Waals surface area contributed by atoms with E-state index in [0.29, 0.717) is 17.5 Å². The van der Waals surface area contributed by atoms with Crippen LogP contribution in [-0.4, -0.2) is 20.7 Å². The number of aromatic nitrogens is 3. The van der Waals surface area contributed by atoms with Crippen molar-refractivity contribution >= 4 is 22.8 Å². The molecule has 0 aliphatic carbocycles. The Labute approximate surface area is 140 Å². The maximum atomic E-state index is 12.7. The van der Waals surface area contributed by atoms with Gasteiger partial charge in [0.2, 0.25) is 5.95 Å². The lowest BCUT2D eigenvalue weighted by atomic mass is 10.0. The molecule has 0 fully saturated rings. The molecule has 0 saturated carbocycles. The van der Waals surface area contributed by atoms with Gasteiger partial charge < -0.3 is 4.42 Å². The molecule has 6 nitrogen and oxygen atoms in total. The van der Waals surface area contributed by atoms with Crippen LogP contribution >= 0.6 is 0 Å². The number of aryl methyl sites for hydroxylation is 4. The predicted octanol–water partition coefficient (Wildman–Crippen LogP) is 3.86. The molecule has 0 atom stereocenters. The first-order valence-corrected chi connectivity index (χ1v) is 8.01. The number of fused-ring (bicyclic) bond motifs is 1. The number of benzene rings is 1. The number of nitrogens with one attached hydrogen (secondary N) is 1. The van der Waals surface area contributed by atoms with Crippen LogP contribution in [0.4, 0.5) is 5.95 Å². The van der Waals surface area contributed by atoms with Gasteiger partial charge in [-0.05, 0) is 31.9 Å². The molecule has 0 unspecified atom stereocenters. The van der Waals surface area contributed by atoms with Gasteiger partial charge in [-0.15, -0.1) is 0 Å². The highest BCUT2D eigenvalue weighted by atomic mass is 16.3. The molecule has 0 bridgehead atoms. The Balaban J connectivity index is 1.99. The van der Waals surface area contributed by atoms with Gasteiger partial charge in [0.05, 0.1) is 0 Å². The van der Waals surface area contributed by atoms with Gasteiger partial charge in [0.15, 0.2) is 11.6 Å². The van der Waals surface area contributed by atoms with Crippen molar-refractivity contribution in [2.75, 3.05) is 5.32 Å². The molecule has 6 heteroatoms. The quantitative estimate of drug-likeness (QED) is 0.793. The van der Waals surface area contributed by atoms with Gasteiger partial charge >= 0.3 is 0 Å². The Morgan fingerprint density at radius 1 is 1.21 bits per heavy atom. The zero-order valence-electron chi connectivity index (χ0n) is 14.9. The van der Waals surface area contributed by atoms with Gasteiger partial charge in [0.25, 0.3) is 5.91 Å². The van der Waals surface area contributed by atoms with E-state index in [1.807, 2.05) is 46.8 Å². The SMILES string of the molecule is Cc1ccc(C)c2c(C)c(C(=O)Nc3nc(C(C)C)nn3C)oc12. The van der Waals surface area contributed by atoms with Crippen molar-refractivity contribution in [3.8, 4) is 0 Å². The molecule has 0 saturated heterocycles. The summed E-state index contributed by atoms with van der Waals surface area (Å²) in [5.41, 5.74) is 3.71. The summed E-state index contributed by atoms with van der Waals surface area (Å²) >= 11 is 0. The van der Waals surface area contributed by atoms with Gasteiger partial charge in [-0.25, -0.2) is 4.68 Å². The van der Waals surface area contributed by atoms with E-state index in [0.717, 1.165) is 27.7 Å². The Morgan fingerprint density at radius 3 is 2.46 bits per heavy atom. The molecular weight excluding hydrogens is 304 g/mol. The van der Waals surface area contributed by atoms with Crippen molar-refractivity contribution in [3.05, 3.63) is 40.4 Å². The first kappa shape index (κ1) is 16.2. The molecule has 1 N–H and O–H groups in total. The lowest BCUT2D eigenvalue weighted by Crippen LogP contribution is -2.15. The summed E-state index contributed by atoms with van der Waals surface area (Å²) in [6.45, 7) is 9.92. The molecule has 3 aromatic rings. The summed E-state index contributed by atoms with van der Waals surface area (Å²) in [5, 5.41) is 8.11. The smallest absolute Gasteiger partial charge is 0.294 e. The van der Waals surface area contributed by atoms with Crippen molar-refractivity contribution in [2.45, 2.75) is 40.5 Å². The maximum Gasteiger partial charge on any atom is 0.294 e. The number of rotatable bonds is 3. The standard InChI is InChI=1S/C18H22N4O2/c1-9(2)16-19-18(22(6)21-16)20-17(23)15-12(5)13-10(3)7-8-11(4)14(13)24-15/h7-9H,1-6H3,(H,19,20,21,23). The monoisotopic (exact) mass is 326 g/mol. The van der Waals surface area contributed by atoms with Crippen molar-refractivity contribution in [3.63, 3.8) is 0 Å². The fraction of sp³-hybridized carbons (Fsp3) is 0.389. The number of furan rings is 1. The van der Waals surface area contributed by atoms with E-state index >= 15 is 0 Å². The van der Waals surface area contributed by atoms with Gasteiger partial charge in [0.1, 0.15) is 5.58 Å². The second-order valence-electron chi connectivity index (χ2n) is 6.49. The highest BCUT2D eigenvalue weighted by Crippen LogP contribution is 2.31. The third-order valence-electron chi connectivity index (χ3n) is 4.21. The van der Waals surface area contributed by atoms with Gasteiger partial charge in [0, 0.05) is 23.9 Å². The summed E-state index contributed by atoms with van der Waals surface area (Å²) in [4.78, 5) is 17.0. The summed E-state index contributed by atoms with van der Waals surface area (Å²) in [6.07, 6.45) is 0. The van der Waals surface area contributed by atoms with E-state index in [1.54, 1.807) is 11.7 Å². The van der Waals surface area contributed by atoms with Gasteiger partial charge in [-0.2, -0.15) is 10.1 Å². The number of hydrogen-bond acceptors (Lipinski definition) is 4.